The van der Waals surface area contributed by atoms with Crippen LogP contribution in [-0.4, -0.2) is 25.5 Å². The molecular weight excluding hydrogens is 330 g/mol. The van der Waals surface area contributed by atoms with Gasteiger partial charge in [0.15, 0.2) is 5.78 Å². The van der Waals surface area contributed by atoms with E-state index < -0.39 is 6.09 Å². The van der Waals surface area contributed by atoms with Gasteiger partial charge in [-0.3, -0.25) is 4.79 Å². The summed E-state index contributed by atoms with van der Waals surface area (Å²) in [7, 11) is 1.55. The van der Waals surface area contributed by atoms with Crippen LogP contribution in [0.2, 0.25) is 0 Å². The second-order valence-electron chi connectivity index (χ2n) is 5.51. The fourth-order valence-corrected chi connectivity index (χ4v) is 2.18. The van der Waals surface area contributed by atoms with Crippen LogP contribution in [0.3, 0.4) is 0 Å². The van der Waals surface area contributed by atoms with Gasteiger partial charge in [-0.15, -0.1) is 0 Å². The maximum absolute atomic E-state index is 11.6. The Morgan fingerprint density at radius 1 is 1.12 bits per heavy atom. The summed E-state index contributed by atoms with van der Waals surface area (Å²) in [6.45, 7) is 2.10. The number of amides is 1. The third-order valence-corrected chi connectivity index (χ3v) is 3.56. The summed E-state index contributed by atoms with van der Waals surface area (Å²) in [6, 6.07) is 14.6. The van der Waals surface area contributed by atoms with E-state index in [-0.39, 0.29) is 12.4 Å². The van der Waals surface area contributed by atoms with Crippen LogP contribution in [0, 0.1) is 11.8 Å². The number of hydrogen-bond acceptors (Lipinski definition) is 4. The molecular formula is C21H21NO4. The molecule has 0 aliphatic rings. The molecule has 0 bridgehead atoms. The SMILES string of the molecule is COc1ccc(C(C)=O)cc1C#CCCNC(=O)OCc1ccccc1. The van der Waals surface area contributed by atoms with Crippen LogP contribution >= 0.6 is 0 Å². The van der Waals surface area contributed by atoms with Crippen molar-refractivity contribution < 1.29 is 19.1 Å². The highest BCUT2D eigenvalue weighted by Gasteiger charge is 2.05. The number of hydrogen-bond donors (Lipinski definition) is 1. The summed E-state index contributed by atoms with van der Waals surface area (Å²) >= 11 is 0. The Balaban J connectivity index is 1.80. The maximum atomic E-state index is 11.6. The number of Topliss-reactive ketones (excluding diaryl/α,β-unsaturated/α-hetero) is 1. The lowest BCUT2D eigenvalue weighted by Gasteiger charge is -2.06. The second kappa shape index (κ2) is 9.90. The van der Waals surface area contributed by atoms with E-state index in [0.29, 0.717) is 29.8 Å². The molecule has 0 radical (unpaired) electrons. The first-order valence-electron chi connectivity index (χ1n) is 8.22. The highest BCUT2D eigenvalue weighted by Crippen LogP contribution is 2.19. The van der Waals surface area contributed by atoms with Gasteiger partial charge in [-0.05, 0) is 30.7 Å². The number of carbonyl (C=O) groups is 2. The van der Waals surface area contributed by atoms with E-state index >= 15 is 0 Å². The summed E-state index contributed by atoms with van der Waals surface area (Å²) < 4.78 is 10.4. The van der Waals surface area contributed by atoms with Gasteiger partial charge in [0.1, 0.15) is 12.4 Å². The van der Waals surface area contributed by atoms with E-state index in [2.05, 4.69) is 17.2 Å². The Kier molecular flexibility index (Phi) is 7.26. The van der Waals surface area contributed by atoms with Crippen molar-refractivity contribution in [2.75, 3.05) is 13.7 Å². The summed E-state index contributed by atoms with van der Waals surface area (Å²) in [5.41, 5.74) is 2.16. The molecule has 2 aromatic carbocycles. The average Bonchev–Trinajstić information content (AvgIpc) is 2.66. The van der Waals surface area contributed by atoms with E-state index in [0.717, 1.165) is 5.56 Å². The normalized spacial score (nSPS) is 9.62. The van der Waals surface area contributed by atoms with Gasteiger partial charge in [-0.2, -0.15) is 0 Å². The van der Waals surface area contributed by atoms with Gasteiger partial charge in [0.2, 0.25) is 0 Å². The number of benzene rings is 2. The minimum Gasteiger partial charge on any atom is -0.495 e. The molecule has 26 heavy (non-hydrogen) atoms. The molecule has 2 rings (SSSR count). The van der Waals surface area contributed by atoms with Crippen molar-refractivity contribution >= 4 is 11.9 Å². The summed E-state index contributed by atoms with van der Waals surface area (Å²) in [6.07, 6.45) is -0.0275. The Labute approximate surface area is 153 Å². The molecule has 0 fully saturated rings. The van der Waals surface area contributed by atoms with E-state index in [1.54, 1.807) is 25.3 Å². The van der Waals surface area contributed by atoms with E-state index in [1.165, 1.54) is 6.92 Å². The summed E-state index contributed by atoms with van der Waals surface area (Å²) in [4.78, 5) is 23.1. The Bertz CT molecular complexity index is 819. The number of alkyl carbamates (subject to hydrolysis) is 1. The van der Waals surface area contributed by atoms with Crippen molar-refractivity contribution in [3.8, 4) is 17.6 Å². The Hall–Kier alpha value is -3.26. The van der Waals surface area contributed by atoms with Gasteiger partial charge in [-0.25, -0.2) is 4.79 Å². The van der Waals surface area contributed by atoms with Gasteiger partial charge in [-0.1, -0.05) is 42.2 Å². The smallest absolute Gasteiger partial charge is 0.407 e. The van der Waals surface area contributed by atoms with Crippen LogP contribution in [0.1, 0.15) is 34.8 Å². The third kappa shape index (κ3) is 5.99. The lowest BCUT2D eigenvalue weighted by atomic mass is 10.1. The molecule has 134 valence electrons. The zero-order chi connectivity index (χ0) is 18.8. The quantitative estimate of drug-likeness (QED) is 0.491. The summed E-state index contributed by atoms with van der Waals surface area (Å²) in [5.74, 6) is 6.51. The largest absolute Gasteiger partial charge is 0.495 e. The topological polar surface area (TPSA) is 64.6 Å². The van der Waals surface area contributed by atoms with Crippen LogP contribution in [0.15, 0.2) is 48.5 Å². The van der Waals surface area contributed by atoms with E-state index in [1.807, 2.05) is 30.3 Å². The fraction of sp³-hybridized carbons (Fsp3) is 0.238. The molecule has 0 spiro atoms. The first-order valence-corrected chi connectivity index (χ1v) is 8.22. The molecule has 5 nitrogen and oxygen atoms in total. The minimum atomic E-state index is -0.480. The zero-order valence-corrected chi connectivity index (χ0v) is 14.9. The molecule has 0 aliphatic heterocycles. The van der Waals surface area contributed by atoms with Crippen molar-refractivity contribution in [3.63, 3.8) is 0 Å². The highest BCUT2D eigenvalue weighted by atomic mass is 16.5. The first kappa shape index (κ1) is 19.1. The molecule has 0 heterocycles. The zero-order valence-electron chi connectivity index (χ0n) is 14.9. The first-order chi connectivity index (χ1) is 12.6. The second-order valence-corrected chi connectivity index (χ2v) is 5.51. The van der Waals surface area contributed by atoms with Gasteiger partial charge < -0.3 is 14.8 Å². The standard InChI is InChI=1S/C21H21NO4/c1-16(23)18-11-12-20(25-2)19(14-18)10-6-7-13-22-21(24)26-15-17-8-4-3-5-9-17/h3-5,8-9,11-12,14H,7,13,15H2,1-2H3,(H,22,24). The number of rotatable bonds is 6. The fourth-order valence-electron chi connectivity index (χ4n) is 2.18. The van der Waals surface area contributed by atoms with Crippen LogP contribution in [0.5, 0.6) is 5.75 Å². The molecule has 0 atom stereocenters. The lowest BCUT2D eigenvalue weighted by molar-refractivity contribution is 0.101. The van der Waals surface area contributed by atoms with Gasteiger partial charge >= 0.3 is 6.09 Å². The lowest BCUT2D eigenvalue weighted by Crippen LogP contribution is -2.24. The van der Waals surface area contributed by atoms with Crippen molar-refractivity contribution in [1.82, 2.24) is 5.32 Å². The maximum Gasteiger partial charge on any atom is 0.407 e. The highest BCUT2D eigenvalue weighted by molar-refractivity contribution is 5.94. The predicted molar refractivity (Wildman–Crippen MR) is 99.1 cm³/mol. The number of carbonyl (C=O) groups excluding carboxylic acids is 2. The number of ether oxygens (including phenoxy) is 2. The van der Waals surface area contributed by atoms with Crippen LogP contribution < -0.4 is 10.1 Å². The monoisotopic (exact) mass is 351 g/mol. The molecule has 5 heteroatoms. The van der Waals surface area contributed by atoms with E-state index in [9.17, 15) is 9.59 Å². The number of ketones is 1. The molecule has 0 unspecified atom stereocenters. The van der Waals surface area contributed by atoms with Gasteiger partial charge in [0.05, 0.1) is 12.7 Å². The molecule has 1 amide bonds. The van der Waals surface area contributed by atoms with Gasteiger partial charge in [0, 0.05) is 18.5 Å². The number of methoxy groups -OCH3 is 1. The molecule has 2 aromatic rings. The van der Waals surface area contributed by atoms with Crippen molar-refractivity contribution in [2.45, 2.75) is 20.0 Å². The molecule has 1 N–H and O–H groups in total. The van der Waals surface area contributed by atoms with Crippen LogP contribution in [-0.2, 0) is 11.3 Å². The van der Waals surface area contributed by atoms with Gasteiger partial charge in [0.25, 0.3) is 0 Å². The predicted octanol–water partition coefficient (Wildman–Crippen LogP) is 3.57. The molecule has 0 aromatic heterocycles. The summed E-state index contributed by atoms with van der Waals surface area (Å²) in [5, 5.41) is 2.65. The van der Waals surface area contributed by atoms with E-state index in [4.69, 9.17) is 9.47 Å². The molecule has 0 saturated carbocycles. The molecule has 0 aliphatic carbocycles. The van der Waals surface area contributed by atoms with Crippen molar-refractivity contribution in [3.05, 3.63) is 65.2 Å². The third-order valence-electron chi connectivity index (χ3n) is 3.56. The van der Waals surface area contributed by atoms with Crippen molar-refractivity contribution in [2.24, 2.45) is 0 Å². The van der Waals surface area contributed by atoms with Crippen molar-refractivity contribution in [1.29, 1.82) is 0 Å². The average molecular weight is 351 g/mol. The Morgan fingerprint density at radius 3 is 2.58 bits per heavy atom. The minimum absolute atomic E-state index is 0.0291. The van der Waals surface area contributed by atoms with Crippen LogP contribution in [0.4, 0.5) is 4.79 Å². The number of nitrogens with one attached hydrogen (secondary N) is 1. The Morgan fingerprint density at radius 2 is 1.88 bits per heavy atom. The van der Waals surface area contributed by atoms with Crippen LogP contribution in [0.25, 0.3) is 0 Å². The molecule has 0 saturated heterocycles.